The van der Waals surface area contributed by atoms with Crippen LogP contribution in [0.5, 0.6) is 0 Å². The molecule has 1 unspecified atom stereocenters. The van der Waals surface area contributed by atoms with Gasteiger partial charge in [-0.2, -0.15) is 0 Å². The van der Waals surface area contributed by atoms with E-state index in [-0.39, 0.29) is 6.03 Å². The third-order valence-corrected chi connectivity index (χ3v) is 2.65. The monoisotopic (exact) mass is 274 g/mol. The highest BCUT2D eigenvalue weighted by atomic mass is 16.5. The average Bonchev–Trinajstić information content (AvgIpc) is 2.33. The maximum atomic E-state index is 11.7. The molecule has 2 amide bonds. The largest absolute Gasteiger partial charge is 0.480 e. The van der Waals surface area contributed by atoms with Gasteiger partial charge in [-0.1, -0.05) is 20.8 Å². The lowest BCUT2D eigenvalue weighted by Gasteiger charge is -2.24. The van der Waals surface area contributed by atoms with Crippen molar-refractivity contribution in [1.29, 1.82) is 0 Å². The Balaban J connectivity index is 3.82. The third-order valence-electron chi connectivity index (χ3n) is 2.65. The molecule has 0 aliphatic carbocycles. The van der Waals surface area contributed by atoms with Gasteiger partial charge in [-0.3, -0.25) is 0 Å². The van der Waals surface area contributed by atoms with Crippen molar-refractivity contribution in [3.63, 3.8) is 0 Å². The number of amides is 2. The lowest BCUT2D eigenvalue weighted by Crippen LogP contribution is -2.47. The number of likely N-dealkylation sites (N-methyl/N-ethyl adjacent to an activating group) is 1. The van der Waals surface area contributed by atoms with Crippen LogP contribution in [0.25, 0.3) is 0 Å². The number of nitrogens with zero attached hydrogens (tertiary/aromatic N) is 1. The number of hydrogen-bond acceptors (Lipinski definition) is 3. The molecule has 6 nitrogen and oxygen atoms in total. The van der Waals surface area contributed by atoms with Gasteiger partial charge in [0.1, 0.15) is 6.04 Å². The lowest BCUT2D eigenvalue weighted by molar-refractivity contribution is -0.141. The summed E-state index contributed by atoms with van der Waals surface area (Å²) in [6, 6.07) is -1.14. The second-order valence-corrected chi connectivity index (χ2v) is 4.93. The Morgan fingerprint density at radius 2 is 2.00 bits per heavy atom. The van der Waals surface area contributed by atoms with Gasteiger partial charge in [-0.15, -0.1) is 0 Å². The molecule has 2 N–H and O–H groups in total. The molecule has 0 spiro atoms. The summed E-state index contributed by atoms with van der Waals surface area (Å²) in [5.41, 5.74) is 0. The summed E-state index contributed by atoms with van der Waals surface area (Å²) in [6.07, 6.45) is 1.10. The van der Waals surface area contributed by atoms with E-state index in [0.717, 1.165) is 6.42 Å². The number of rotatable bonds is 9. The number of nitrogens with one attached hydrogen (secondary N) is 1. The topological polar surface area (TPSA) is 78.9 Å². The first-order valence-electron chi connectivity index (χ1n) is 6.71. The number of carbonyl (C=O) groups excluding carboxylic acids is 1. The van der Waals surface area contributed by atoms with Crippen LogP contribution in [0.15, 0.2) is 0 Å². The van der Waals surface area contributed by atoms with Crippen molar-refractivity contribution in [2.75, 3.05) is 26.8 Å². The molecule has 0 rings (SSSR count). The summed E-state index contributed by atoms with van der Waals surface area (Å²) >= 11 is 0. The van der Waals surface area contributed by atoms with E-state index in [9.17, 15) is 9.59 Å². The maximum absolute atomic E-state index is 11.7. The van der Waals surface area contributed by atoms with Crippen LogP contribution in [0.4, 0.5) is 4.79 Å². The first-order valence-corrected chi connectivity index (χ1v) is 6.71. The summed E-state index contributed by atoms with van der Waals surface area (Å²) in [5, 5.41) is 11.6. The van der Waals surface area contributed by atoms with Gasteiger partial charge in [0.25, 0.3) is 0 Å². The van der Waals surface area contributed by atoms with Crippen LogP contribution in [0.3, 0.4) is 0 Å². The molecular formula is C13H26N2O4. The minimum absolute atomic E-state index is 0.363. The Labute approximate surface area is 115 Å². The van der Waals surface area contributed by atoms with Crippen molar-refractivity contribution >= 4 is 12.0 Å². The molecule has 0 aromatic rings. The fraction of sp³-hybridized carbons (Fsp3) is 0.846. The summed E-state index contributed by atoms with van der Waals surface area (Å²) < 4.78 is 5.39. The molecule has 0 aromatic heterocycles. The number of urea groups is 1. The van der Waals surface area contributed by atoms with Crippen molar-refractivity contribution in [3.8, 4) is 0 Å². The van der Waals surface area contributed by atoms with E-state index in [1.54, 1.807) is 6.92 Å². The van der Waals surface area contributed by atoms with Crippen LogP contribution in [-0.2, 0) is 9.53 Å². The summed E-state index contributed by atoms with van der Waals surface area (Å²) in [4.78, 5) is 23.8. The molecule has 0 saturated carbocycles. The van der Waals surface area contributed by atoms with E-state index in [4.69, 9.17) is 9.84 Å². The van der Waals surface area contributed by atoms with E-state index >= 15 is 0 Å². The van der Waals surface area contributed by atoms with Crippen molar-refractivity contribution in [1.82, 2.24) is 10.2 Å². The number of carbonyl (C=O) groups is 2. The molecular weight excluding hydrogens is 248 g/mol. The first-order chi connectivity index (χ1) is 8.90. The van der Waals surface area contributed by atoms with Crippen LogP contribution in [0, 0.1) is 5.92 Å². The Hall–Kier alpha value is -1.30. The van der Waals surface area contributed by atoms with Crippen LogP contribution in [-0.4, -0.2) is 54.9 Å². The normalized spacial score (nSPS) is 12.3. The molecule has 0 aliphatic rings. The predicted octanol–water partition coefficient (Wildman–Crippen LogP) is 1.55. The number of hydrogen-bond donors (Lipinski definition) is 2. The van der Waals surface area contributed by atoms with Gasteiger partial charge in [0.15, 0.2) is 0 Å². The zero-order valence-corrected chi connectivity index (χ0v) is 12.3. The van der Waals surface area contributed by atoms with E-state index in [0.29, 0.717) is 32.1 Å². The van der Waals surface area contributed by atoms with Crippen LogP contribution in [0.2, 0.25) is 0 Å². The highest BCUT2D eigenvalue weighted by Crippen LogP contribution is 2.02. The zero-order chi connectivity index (χ0) is 14.8. The summed E-state index contributed by atoms with van der Waals surface area (Å²) in [6.45, 7) is 7.68. The minimum atomic E-state index is -0.986. The second-order valence-electron chi connectivity index (χ2n) is 4.93. The fourth-order valence-electron chi connectivity index (χ4n) is 1.57. The zero-order valence-electron chi connectivity index (χ0n) is 12.3. The fourth-order valence-corrected chi connectivity index (χ4v) is 1.57. The average molecular weight is 274 g/mol. The van der Waals surface area contributed by atoms with Crippen molar-refractivity contribution in [3.05, 3.63) is 0 Å². The number of aliphatic carboxylic acids is 1. The van der Waals surface area contributed by atoms with Crippen molar-refractivity contribution in [2.24, 2.45) is 5.92 Å². The summed E-state index contributed by atoms with van der Waals surface area (Å²) in [7, 11) is 1.49. The van der Waals surface area contributed by atoms with Gasteiger partial charge in [-0.25, -0.2) is 9.59 Å². The second kappa shape index (κ2) is 9.61. The molecule has 0 bridgehead atoms. The molecule has 0 aromatic carbocycles. The molecule has 0 fully saturated rings. The molecule has 1 atom stereocenters. The van der Waals surface area contributed by atoms with Gasteiger partial charge in [0.2, 0.25) is 0 Å². The van der Waals surface area contributed by atoms with E-state index in [1.807, 2.05) is 0 Å². The third kappa shape index (κ3) is 7.66. The van der Waals surface area contributed by atoms with Gasteiger partial charge >= 0.3 is 12.0 Å². The van der Waals surface area contributed by atoms with Gasteiger partial charge in [0, 0.05) is 26.8 Å². The first kappa shape index (κ1) is 17.7. The highest BCUT2D eigenvalue weighted by molar-refractivity contribution is 5.82. The number of ether oxygens (including phenoxy) is 1. The molecule has 6 heteroatoms. The Kier molecular flexibility index (Phi) is 8.95. The molecule has 0 radical (unpaired) electrons. The van der Waals surface area contributed by atoms with Crippen molar-refractivity contribution < 1.29 is 19.4 Å². The molecule has 19 heavy (non-hydrogen) atoms. The molecule has 112 valence electrons. The molecule has 0 saturated heterocycles. The minimum Gasteiger partial charge on any atom is -0.480 e. The maximum Gasteiger partial charge on any atom is 0.326 e. The highest BCUT2D eigenvalue weighted by Gasteiger charge is 2.24. The van der Waals surface area contributed by atoms with Crippen LogP contribution in [0.1, 0.15) is 33.6 Å². The molecule has 0 aliphatic heterocycles. The van der Waals surface area contributed by atoms with E-state index < -0.39 is 12.0 Å². The SMILES string of the molecule is CCC(C(=O)O)N(C)C(=O)NCCCOCC(C)C. The van der Waals surface area contributed by atoms with E-state index in [2.05, 4.69) is 19.2 Å². The quantitative estimate of drug-likeness (QED) is 0.625. The number of carboxylic acids is 1. The summed E-state index contributed by atoms with van der Waals surface area (Å²) in [5.74, 6) is -0.484. The Bertz CT molecular complexity index is 282. The smallest absolute Gasteiger partial charge is 0.326 e. The van der Waals surface area contributed by atoms with Crippen molar-refractivity contribution in [2.45, 2.75) is 39.7 Å². The van der Waals surface area contributed by atoms with Crippen LogP contribution >= 0.6 is 0 Å². The Morgan fingerprint density at radius 3 is 2.47 bits per heavy atom. The van der Waals surface area contributed by atoms with Gasteiger partial charge in [-0.05, 0) is 18.8 Å². The molecule has 0 heterocycles. The van der Waals surface area contributed by atoms with E-state index in [1.165, 1.54) is 11.9 Å². The number of carboxylic acid groups (broad SMARTS) is 1. The standard InChI is InChI=1S/C13H26N2O4/c1-5-11(12(16)17)15(4)13(18)14-7-6-8-19-9-10(2)3/h10-11H,5-9H2,1-4H3,(H,14,18)(H,16,17). The Morgan fingerprint density at radius 1 is 1.37 bits per heavy atom. The van der Waals surface area contributed by atoms with Gasteiger partial charge < -0.3 is 20.1 Å². The predicted molar refractivity (Wildman–Crippen MR) is 73.2 cm³/mol. The van der Waals surface area contributed by atoms with Crippen LogP contribution < -0.4 is 5.32 Å². The lowest BCUT2D eigenvalue weighted by atomic mass is 10.2. The van der Waals surface area contributed by atoms with Gasteiger partial charge in [0.05, 0.1) is 0 Å².